The number of anilines is 1. The minimum absolute atomic E-state index is 0.290. The number of ether oxygens (including phenoxy) is 3. The van der Waals surface area contributed by atoms with Gasteiger partial charge in [-0.3, -0.25) is 0 Å². The molecule has 0 aliphatic rings. The Kier molecular flexibility index (Phi) is 11.7. The van der Waals surface area contributed by atoms with Crippen molar-refractivity contribution in [2.24, 2.45) is 5.22 Å². The number of nitrogens with zero attached hydrogens (tertiary/aromatic N) is 2. The van der Waals surface area contributed by atoms with Crippen molar-refractivity contribution in [2.75, 3.05) is 12.0 Å². The Morgan fingerprint density at radius 1 is 0.674 bits per heavy atom. The summed E-state index contributed by atoms with van der Waals surface area (Å²) in [4.78, 5) is 25.6. The van der Waals surface area contributed by atoms with Crippen molar-refractivity contribution in [2.45, 2.75) is 45.4 Å². The fourth-order valence-corrected chi connectivity index (χ4v) is 4.06. The van der Waals surface area contributed by atoms with E-state index in [0.717, 1.165) is 12.8 Å². The van der Waals surface area contributed by atoms with E-state index >= 15 is 0 Å². The van der Waals surface area contributed by atoms with Crippen LogP contribution in [0.3, 0.4) is 0 Å². The molecule has 0 unspecified atom stereocenters. The second-order valence-corrected chi connectivity index (χ2v) is 9.79. The molecule has 0 saturated carbocycles. The van der Waals surface area contributed by atoms with Gasteiger partial charge in [-0.05, 0) is 91.3 Å². The van der Waals surface area contributed by atoms with Gasteiger partial charge in [0.1, 0.15) is 22.9 Å². The molecule has 0 saturated heterocycles. The fourth-order valence-electron chi connectivity index (χ4n) is 4.06. The van der Waals surface area contributed by atoms with Gasteiger partial charge in [-0.25, -0.2) is 9.59 Å². The second-order valence-electron chi connectivity index (χ2n) is 9.79. The third-order valence-electron chi connectivity index (χ3n) is 6.47. The molecule has 0 spiro atoms. The van der Waals surface area contributed by atoms with Crippen LogP contribution in [0.1, 0.15) is 66.2 Å². The largest absolute Gasteiger partial charge is 0.691 e. The zero-order valence-corrected chi connectivity index (χ0v) is 24.1. The summed E-state index contributed by atoms with van der Waals surface area (Å²) in [5.74, 6) is 0.252. The van der Waals surface area contributed by atoms with Crippen LogP contribution in [-0.2, 0) is 0 Å². The number of nitrogens with one attached hydrogen (secondary N) is 1. The molecular formula is C34H35N3O6. The Balaban J connectivity index is 1.21. The predicted octanol–water partition coefficient (Wildman–Crippen LogP) is 8.49. The molecule has 0 radical (unpaired) electrons. The van der Waals surface area contributed by atoms with Crippen LogP contribution in [0.25, 0.3) is 0 Å². The van der Waals surface area contributed by atoms with Gasteiger partial charge in [0.15, 0.2) is 5.69 Å². The van der Waals surface area contributed by atoms with Crippen LogP contribution < -0.4 is 19.6 Å². The zero-order valence-electron chi connectivity index (χ0n) is 24.1. The van der Waals surface area contributed by atoms with Gasteiger partial charge in [0, 0.05) is 0 Å². The van der Waals surface area contributed by atoms with Crippen LogP contribution in [0.2, 0.25) is 0 Å². The van der Waals surface area contributed by atoms with Crippen LogP contribution in [0.5, 0.6) is 17.2 Å². The number of hydrogen-bond acceptors (Lipinski definition) is 7. The van der Waals surface area contributed by atoms with Gasteiger partial charge in [0.05, 0.1) is 23.0 Å². The molecule has 43 heavy (non-hydrogen) atoms. The maximum Gasteiger partial charge on any atom is 0.343 e. The van der Waals surface area contributed by atoms with E-state index in [1.165, 1.54) is 25.7 Å². The molecule has 0 aliphatic heterocycles. The first-order valence-corrected chi connectivity index (χ1v) is 14.4. The van der Waals surface area contributed by atoms with E-state index in [2.05, 4.69) is 17.6 Å². The van der Waals surface area contributed by atoms with Gasteiger partial charge in [-0.2, -0.15) is 0 Å². The standard InChI is InChI=1S/C34H35N3O6/c1-2-3-4-5-6-10-25-41-30-19-15-27(16-20-30)34(39)43-32-23-21-31(22-24-32)42-33(38)26-13-17-28(18-14-26)35-36-37(40)29-11-8-7-9-12-29/h7-9,11-24,35H,2-6,10,25H2,1H3/b37-36-. The maximum atomic E-state index is 12.6. The third-order valence-corrected chi connectivity index (χ3v) is 6.47. The SMILES string of the molecule is CCCCCCCCOc1ccc(C(=O)Oc2ccc(OC(=O)c3ccc(N/N=[N+](\[O-])c4ccccc4)cc3)cc2)cc1. The lowest BCUT2D eigenvalue weighted by atomic mass is 10.1. The fraction of sp³-hybridized carbons (Fsp3) is 0.235. The van der Waals surface area contributed by atoms with Crippen molar-refractivity contribution >= 4 is 23.3 Å². The molecule has 222 valence electrons. The van der Waals surface area contributed by atoms with E-state index < -0.39 is 11.9 Å². The summed E-state index contributed by atoms with van der Waals surface area (Å²) in [5.41, 5.74) is 4.26. The van der Waals surface area contributed by atoms with Crippen LogP contribution >= 0.6 is 0 Å². The lowest BCUT2D eigenvalue weighted by Gasteiger charge is -2.08. The molecule has 4 aromatic carbocycles. The molecule has 4 aromatic rings. The summed E-state index contributed by atoms with van der Waals surface area (Å²) in [6.45, 7) is 2.86. The van der Waals surface area contributed by atoms with Gasteiger partial charge in [-0.15, -0.1) is 10.3 Å². The summed E-state index contributed by atoms with van der Waals surface area (Å²) in [6, 6.07) is 27.9. The maximum absolute atomic E-state index is 12.6. The Labute approximate surface area is 251 Å². The second kappa shape index (κ2) is 16.3. The van der Waals surface area contributed by atoms with Crippen LogP contribution in [0, 0.1) is 5.21 Å². The highest BCUT2D eigenvalue weighted by atomic mass is 16.5. The summed E-state index contributed by atoms with van der Waals surface area (Å²) >= 11 is 0. The van der Waals surface area contributed by atoms with E-state index in [0.29, 0.717) is 51.2 Å². The van der Waals surface area contributed by atoms with Crippen molar-refractivity contribution in [3.05, 3.63) is 119 Å². The molecular weight excluding hydrogens is 546 g/mol. The van der Waals surface area contributed by atoms with Crippen molar-refractivity contribution in [3.8, 4) is 17.2 Å². The average molecular weight is 582 g/mol. The molecule has 0 bridgehead atoms. The average Bonchev–Trinajstić information content (AvgIpc) is 3.05. The minimum atomic E-state index is -0.568. The van der Waals surface area contributed by atoms with Gasteiger partial charge < -0.3 is 19.4 Å². The van der Waals surface area contributed by atoms with E-state index in [1.54, 1.807) is 103 Å². The monoisotopic (exact) mass is 581 g/mol. The molecule has 0 aliphatic carbocycles. The molecule has 0 aromatic heterocycles. The van der Waals surface area contributed by atoms with Gasteiger partial charge >= 0.3 is 11.9 Å². The van der Waals surface area contributed by atoms with Crippen molar-refractivity contribution < 1.29 is 28.7 Å². The van der Waals surface area contributed by atoms with Gasteiger partial charge in [0.2, 0.25) is 0 Å². The Bertz CT molecular complexity index is 1470. The van der Waals surface area contributed by atoms with Crippen molar-refractivity contribution in [3.63, 3.8) is 0 Å². The van der Waals surface area contributed by atoms with E-state index in [1.807, 2.05) is 0 Å². The summed E-state index contributed by atoms with van der Waals surface area (Å²) in [5, 5.41) is 15.8. The lowest BCUT2D eigenvalue weighted by molar-refractivity contribution is -0.439. The van der Waals surface area contributed by atoms with Crippen molar-refractivity contribution in [1.29, 1.82) is 0 Å². The minimum Gasteiger partial charge on any atom is -0.691 e. The number of rotatable bonds is 15. The Hall–Kier alpha value is -5.18. The number of carbonyl (C=O) groups is 2. The highest BCUT2D eigenvalue weighted by Crippen LogP contribution is 2.21. The Morgan fingerprint density at radius 3 is 1.77 bits per heavy atom. The highest BCUT2D eigenvalue weighted by Gasteiger charge is 2.12. The quantitative estimate of drug-likeness (QED) is 0.0374. The molecule has 4 rings (SSSR count). The van der Waals surface area contributed by atoms with E-state index in [-0.39, 0.29) is 0 Å². The normalized spacial score (nSPS) is 11.0. The van der Waals surface area contributed by atoms with E-state index in [4.69, 9.17) is 14.2 Å². The first-order valence-electron chi connectivity index (χ1n) is 14.4. The number of unbranched alkanes of at least 4 members (excludes halogenated alkanes) is 5. The summed E-state index contributed by atoms with van der Waals surface area (Å²) in [7, 11) is 0. The molecule has 0 amide bonds. The van der Waals surface area contributed by atoms with Gasteiger partial charge in [0.25, 0.3) is 0 Å². The zero-order chi connectivity index (χ0) is 30.3. The molecule has 9 heteroatoms. The third kappa shape index (κ3) is 10.00. The smallest absolute Gasteiger partial charge is 0.343 e. The number of para-hydroxylation sites is 1. The molecule has 0 fully saturated rings. The molecule has 1 N–H and O–H groups in total. The Morgan fingerprint density at radius 2 is 1.19 bits per heavy atom. The van der Waals surface area contributed by atoms with Gasteiger partial charge in [-0.1, -0.05) is 57.2 Å². The molecule has 0 atom stereocenters. The first kappa shape index (κ1) is 30.8. The number of benzene rings is 4. The number of carbonyl (C=O) groups excluding carboxylic acids is 2. The molecule has 0 heterocycles. The summed E-state index contributed by atoms with van der Waals surface area (Å²) in [6.07, 6.45) is 7.19. The van der Waals surface area contributed by atoms with Crippen LogP contribution in [0.4, 0.5) is 11.4 Å². The lowest BCUT2D eigenvalue weighted by Crippen LogP contribution is -2.09. The highest BCUT2D eigenvalue weighted by molar-refractivity contribution is 5.92. The predicted molar refractivity (Wildman–Crippen MR) is 164 cm³/mol. The topological polar surface area (TPSA) is 112 Å². The summed E-state index contributed by atoms with van der Waals surface area (Å²) < 4.78 is 16.6. The molecule has 9 nitrogen and oxygen atoms in total. The van der Waals surface area contributed by atoms with Crippen LogP contribution in [-0.4, -0.2) is 23.4 Å². The van der Waals surface area contributed by atoms with E-state index in [9.17, 15) is 14.8 Å². The first-order chi connectivity index (χ1) is 21.0. The van der Waals surface area contributed by atoms with Crippen LogP contribution in [0.15, 0.2) is 108 Å². The number of hydrogen-bond donors (Lipinski definition) is 1. The number of esters is 2. The van der Waals surface area contributed by atoms with Crippen molar-refractivity contribution in [1.82, 2.24) is 0 Å².